The van der Waals surface area contributed by atoms with Crippen molar-refractivity contribution in [1.29, 1.82) is 0 Å². The van der Waals surface area contributed by atoms with Gasteiger partial charge in [0.15, 0.2) is 5.78 Å². The molecule has 0 radical (unpaired) electrons. The predicted octanol–water partition coefficient (Wildman–Crippen LogP) is 1.07. The molecule has 17 heavy (non-hydrogen) atoms. The molecule has 0 bridgehead atoms. The molecule has 0 amide bonds. The minimum Gasteiger partial charge on any atom is -0.496 e. The number of benzene rings is 1. The Morgan fingerprint density at radius 3 is 2.76 bits per heavy atom. The molecule has 2 rings (SSSR count). The van der Waals surface area contributed by atoms with Gasteiger partial charge in [-0.05, 0) is 25.1 Å². The number of ether oxygens (including phenoxy) is 1. The van der Waals surface area contributed by atoms with Crippen molar-refractivity contribution in [2.24, 2.45) is 0 Å². The van der Waals surface area contributed by atoms with Gasteiger partial charge in [0.1, 0.15) is 5.75 Å². The Hall–Kier alpha value is -1.39. The van der Waals surface area contributed by atoms with E-state index in [4.69, 9.17) is 4.74 Å². The van der Waals surface area contributed by atoms with E-state index in [2.05, 4.69) is 4.90 Å². The largest absolute Gasteiger partial charge is 0.496 e. The molecule has 1 N–H and O–H groups in total. The summed E-state index contributed by atoms with van der Waals surface area (Å²) in [6.45, 7) is 3.64. The molecule has 0 saturated carbocycles. The lowest BCUT2D eigenvalue weighted by Gasteiger charge is -2.36. The summed E-state index contributed by atoms with van der Waals surface area (Å²) in [6, 6.07) is 5.46. The monoisotopic (exact) mass is 235 g/mol. The Labute approximate surface area is 101 Å². The number of hydrogen-bond donors (Lipinski definition) is 1. The average Bonchev–Trinajstić information content (AvgIpc) is 2.26. The highest BCUT2D eigenvalue weighted by Gasteiger charge is 2.25. The molecule has 1 fully saturated rings. The minimum atomic E-state index is -0.211. The van der Waals surface area contributed by atoms with Gasteiger partial charge in [0.25, 0.3) is 0 Å². The lowest BCUT2D eigenvalue weighted by atomic mass is 10.0. The van der Waals surface area contributed by atoms with Gasteiger partial charge in [-0.1, -0.05) is 0 Å². The smallest absolute Gasteiger partial charge is 0.159 e. The van der Waals surface area contributed by atoms with Crippen molar-refractivity contribution in [3.63, 3.8) is 0 Å². The van der Waals surface area contributed by atoms with Gasteiger partial charge in [-0.15, -0.1) is 0 Å². The maximum atomic E-state index is 11.3. The topological polar surface area (TPSA) is 49.8 Å². The van der Waals surface area contributed by atoms with Crippen molar-refractivity contribution in [3.8, 4) is 5.75 Å². The van der Waals surface area contributed by atoms with Crippen molar-refractivity contribution in [2.75, 3.05) is 20.2 Å². The van der Waals surface area contributed by atoms with Crippen LogP contribution in [0.3, 0.4) is 0 Å². The standard InChI is InChI=1S/C13H17NO3/c1-9(15)10-3-4-13(17-2)11(5-10)6-14-7-12(16)8-14/h3-5,12,16H,6-8H2,1-2H3. The van der Waals surface area contributed by atoms with Crippen LogP contribution in [0, 0.1) is 0 Å². The number of ketones is 1. The zero-order chi connectivity index (χ0) is 12.4. The molecule has 1 aliphatic rings. The highest BCUT2D eigenvalue weighted by Crippen LogP contribution is 2.23. The molecule has 0 aliphatic carbocycles. The number of β-amino-alcohol motifs (C(OH)–C–C–N with tert-alkyl or cyclic N) is 1. The highest BCUT2D eigenvalue weighted by atomic mass is 16.5. The van der Waals surface area contributed by atoms with E-state index in [0.29, 0.717) is 25.2 Å². The van der Waals surface area contributed by atoms with Crippen LogP contribution in [-0.2, 0) is 6.54 Å². The van der Waals surface area contributed by atoms with Gasteiger partial charge in [-0.3, -0.25) is 9.69 Å². The third-order valence-corrected chi connectivity index (χ3v) is 3.02. The van der Waals surface area contributed by atoms with E-state index in [1.54, 1.807) is 20.1 Å². The number of hydrogen-bond acceptors (Lipinski definition) is 4. The summed E-state index contributed by atoms with van der Waals surface area (Å²) in [5.41, 5.74) is 1.69. The van der Waals surface area contributed by atoms with E-state index in [-0.39, 0.29) is 11.9 Å². The van der Waals surface area contributed by atoms with Crippen molar-refractivity contribution in [1.82, 2.24) is 4.90 Å². The molecule has 0 aromatic heterocycles. The fourth-order valence-electron chi connectivity index (χ4n) is 2.03. The number of nitrogens with zero attached hydrogens (tertiary/aromatic N) is 1. The first-order valence-electron chi connectivity index (χ1n) is 5.68. The molecule has 0 atom stereocenters. The predicted molar refractivity (Wildman–Crippen MR) is 64.3 cm³/mol. The fourth-order valence-corrected chi connectivity index (χ4v) is 2.03. The Morgan fingerprint density at radius 1 is 1.53 bits per heavy atom. The van der Waals surface area contributed by atoms with Gasteiger partial charge >= 0.3 is 0 Å². The fraction of sp³-hybridized carbons (Fsp3) is 0.462. The van der Waals surface area contributed by atoms with Crippen LogP contribution in [0.4, 0.5) is 0 Å². The molecule has 1 aliphatic heterocycles. The number of likely N-dealkylation sites (tertiary alicyclic amines) is 1. The zero-order valence-electron chi connectivity index (χ0n) is 10.1. The van der Waals surface area contributed by atoms with Gasteiger partial charge in [0.05, 0.1) is 13.2 Å². The maximum absolute atomic E-state index is 11.3. The summed E-state index contributed by atoms with van der Waals surface area (Å²) >= 11 is 0. The van der Waals surface area contributed by atoms with Crippen LogP contribution in [0.1, 0.15) is 22.8 Å². The third-order valence-electron chi connectivity index (χ3n) is 3.02. The van der Waals surface area contributed by atoms with Crippen LogP contribution in [-0.4, -0.2) is 42.1 Å². The first-order valence-corrected chi connectivity index (χ1v) is 5.68. The first-order chi connectivity index (χ1) is 8.10. The summed E-state index contributed by atoms with van der Waals surface area (Å²) in [5.74, 6) is 0.842. The van der Waals surface area contributed by atoms with Crippen LogP contribution in [0.15, 0.2) is 18.2 Å². The second kappa shape index (κ2) is 4.85. The summed E-state index contributed by atoms with van der Waals surface area (Å²) in [6.07, 6.45) is -0.211. The van der Waals surface area contributed by atoms with Gasteiger partial charge in [0.2, 0.25) is 0 Å². The zero-order valence-corrected chi connectivity index (χ0v) is 10.1. The molecule has 0 spiro atoms. The van der Waals surface area contributed by atoms with E-state index in [9.17, 15) is 9.90 Å². The Balaban J connectivity index is 2.17. The van der Waals surface area contributed by atoms with E-state index in [0.717, 1.165) is 11.3 Å². The summed E-state index contributed by atoms with van der Waals surface area (Å²) < 4.78 is 5.28. The molecule has 1 aromatic carbocycles. The molecular formula is C13H17NO3. The number of Topliss-reactive ketones (excluding diaryl/α,β-unsaturated/α-hetero) is 1. The Bertz CT molecular complexity index is 425. The van der Waals surface area contributed by atoms with Gasteiger partial charge < -0.3 is 9.84 Å². The second-order valence-corrected chi connectivity index (χ2v) is 4.43. The lowest BCUT2D eigenvalue weighted by Crippen LogP contribution is -2.49. The Kier molecular flexibility index (Phi) is 3.45. The second-order valence-electron chi connectivity index (χ2n) is 4.43. The Morgan fingerprint density at radius 2 is 2.24 bits per heavy atom. The van der Waals surface area contributed by atoms with Crippen LogP contribution in [0.5, 0.6) is 5.75 Å². The van der Waals surface area contributed by atoms with Crippen LogP contribution in [0.2, 0.25) is 0 Å². The molecule has 1 heterocycles. The number of rotatable bonds is 4. The lowest BCUT2D eigenvalue weighted by molar-refractivity contribution is -0.00323. The molecule has 4 heteroatoms. The molecule has 1 saturated heterocycles. The number of aliphatic hydroxyl groups is 1. The van der Waals surface area contributed by atoms with Crippen LogP contribution in [0.25, 0.3) is 0 Å². The number of methoxy groups -OCH3 is 1. The van der Waals surface area contributed by atoms with Gasteiger partial charge in [-0.25, -0.2) is 0 Å². The van der Waals surface area contributed by atoms with E-state index in [1.807, 2.05) is 12.1 Å². The van der Waals surface area contributed by atoms with Crippen LogP contribution >= 0.6 is 0 Å². The van der Waals surface area contributed by atoms with Gasteiger partial charge in [0, 0.05) is 30.8 Å². The van der Waals surface area contributed by atoms with E-state index in [1.165, 1.54) is 0 Å². The summed E-state index contributed by atoms with van der Waals surface area (Å²) in [5, 5.41) is 9.24. The molecule has 4 nitrogen and oxygen atoms in total. The van der Waals surface area contributed by atoms with Crippen molar-refractivity contribution >= 4 is 5.78 Å². The molecule has 92 valence electrons. The van der Waals surface area contributed by atoms with E-state index >= 15 is 0 Å². The van der Waals surface area contributed by atoms with Crippen molar-refractivity contribution in [2.45, 2.75) is 19.6 Å². The number of carbonyl (C=O) groups excluding carboxylic acids is 1. The highest BCUT2D eigenvalue weighted by molar-refractivity contribution is 5.94. The van der Waals surface area contributed by atoms with Crippen molar-refractivity contribution in [3.05, 3.63) is 29.3 Å². The quantitative estimate of drug-likeness (QED) is 0.793. The molecule has 1 aromatic rings. The third kappa shape index (κ3) is 2.65. The minimum absolute atomic E-state index is 0.0533. The SMILES string of the molecule is COc1ccc(C(C)=O)cc1CN1CC(O)C1. The summed E-state index contributed by atoms with van der Waals surface area (Å²) in [7, 11) is 1.62. The molecule has 0 unspecified atom stereocenters. The maximum Gasteiger partial charge on any atom is 0.159 e. The first kappa shape index (κ1) is 12.1. The molecular weight excluding hydrogens is 218 g/mol. The van der Waals surface area contributed by atoms with Crippen LogP contribution < -0.4 is 4.74 Å². The number of aliphatic hydroxyl groups excluding tert-OH is 1. The van der Waals surface area contributed by atoms with Gasteiger partial charge in [-0.2, -0.15) is 0 Å². The normalized spacial score (nSPS) is 16.6. The number of carbonyl (C=O) groups is 1. The van der Waals surface area contributed by atoms with E-state index < -0.39 is 0 Å². The van der Waals surface area contributed by atoms with Crippen molar-refractivity contribution < 1.29 is 14.6 Å². The average molecular weight is 235 g/mol. The summed E-state index contributed by atoms with van der Waals surface area (Å²) in [4.78, 5) is 13.4.